The van der Waals surface area contributed by atoms with Gasteiger partial charge in [-0.15, -0.1) is 0 Å². The van der Waals surface area contributed by atoms with Gasteiger partial charge in [-0.3, -0.25) is 10.1 Å². The Kier molecular flexibility index (Phi) is 5.14. The van der Waals surface area contributed by atoms with E-state index in [0.717, 1.165) is 11.1 Å². The first kappa shape index (κ1) is 15.3. The van der Waals surface area contributed by atoms with E-state index in [4.69, 9.17) is 16.3 Å². The summed E-state index contributed by atoms with van der Waals surface area (Å²) in [4.78, 5) is 10.7. The Morgan fingerprint density at radius 1 is 1.19 bits per heavy atom. The van der Waals surface area contributed by atoms with Crippen molar-refractivity contribution in [1.82, 2.24) is 5.32 Å². The predicted molar refractivity (Wildman–Crippen MR) is 81.6 cm³/mol. The lowest BCUT2D eigenvalue weighted by Gasteiger charge is -2.08. The summed E-state index contributed by atoms with van der Waals surface area (Å²) in [5.41, 5.74) is 1.70. The van der Waals surface area contributed by atoms with Crippen LogP contribution >= 0.6 is 11.6 Å². The van der Waals surface area contributed by atoms with Crippen LogP contribution in [-0.2, 0) is 13.2 Å². The Morgan fingerprint density at radius 2 is 1.86 bits per heavy atom. The molecule has 0 aliphatic rings. The minimum absolute atomic E-state index is 0.0308. The maximum Gasteiger partial charge on any atom is 0.311 e. The molecule has 0 heterocycles. The highest BCUT2D eigenvalue weighted by molar-refractivity contribution is 6.30. The normalized spacial score (nSPS) is 10.4. The molecule has 2 aromatic carbocycles. The highest BCUT2D eigenvalue weighted by Crippen LogP contribution is 2.28. The Hall–Kier alpha value is -2.11. The van der Waals surface area contributed by atoms with E-state index in [9.17, 15) is 10.1 Å². The van der Waals surface area contributed by atoms with E-state index in [1.165, 1.54) is 6.07 Å². The van der Waals surface area contributed by atoms with Crippen LogP contribution in [0.15, 0.2) is 42.5 Å². The standard InChI is InChI=1S/C15H15ClN2O3/c1-17-9-12-4-7-15(14(8-12)18(19)20)21-10-11-2-5-13(16)6-3-11/h2-8,17H,9-10H2,1H3. The first-order chi connectivity index (χ1) is 10.1. The van der Waals surface area contributed by atoms with Crippen LogP contribution in [0.4, 0.5) is 5.69 Å². The molecule has 0 bridgehead atoms. The summed E-state index contributed by atoms with van der Waals surface area (Å²) in [5, 5.41) is 14.7. The van der Waals surface area contributed by atoms with Gasteiger partial charge in [0.15, 0.2) is 5.75 Å². The van der Waals surface area contributed by atoms with Crippen molar-refractivity contribution >= 4 is 17.3 Å². The zero-order chi connectivity index (χ0) is 15.2. The van der Waals surface area contributed by atoms with Gasteiger partial charge in [0, 0.05) is 17.6 Å². The van der Waals surface area contributed by atoms with Gasteiger partial charge >= 0.3 is 5.69 Å². The Morgan fingerprint density at radius 3 is 2.48 bits per heavy atom. The van der Waals surface area contributed by atoms with Crippen molar-refractivity contribution in [3.63, 3.8) is 0 Å². The molecule has 1 N–H and O–H groups in total. The number of nitrogens with zero attached hydrogens (tertiary/aromatic N) is 1. The van der Waals surface area contributed by atoms with Crippen molar-refractivity contribution in [2.45, 2.75) is 13.2 Å². The molecule has 21 heavy (non-hydrogen) atoms. The number of nitro benzene ring substituents is 1. The van der Waals surface area contributed by atoms with Gasteiger partial charge in [-0.05, 0) is 36.4 Å². The van der Waals surface area contributed by atoms with E-state index in [-0.39, 0.29) is 18.0 Å². The lowest BCUT2D eigenvalue weighted by atomic mass is 10.2. The summed E-state index contributed by atoms with van der Waals surface area (Å²) in [6.45, 7) is 0.821. The fourth-order valence-electron chi connectivity index (χ4n) is 1.88. The van der Waals surface area contributed by atoms with Crippen molar-refractivity contribution in [2.75, 3.05) is 7.05 Å². The van der Waals surface area contributed by atoms with Crippen molar-refractivity contribution in [3.8, 4) is 5.75 Å². The average Bonchev–Trinajstić information content (AvgIpc) is 2.47. The van der Waals surface area contributed by atoms with Crippen molar-refractivity contribution in [3.05, 3.63) is 68.7 Å². The van der Waals surface area contributed by atoms with Gasteiger partial charge in [0.1, 0.15) is 6.61 Å². The number of nitrogens with one attached hydrogen (secondary N) is 1. The van der Waals surface area contributed by atoms with E-state index in [1.54, 1.807) is 31.3 Å². The van der Waals surface area contributed by atoms with Gasteiger partial charge in [-0.2, -0.15) is 0 Å². The SMILES string of the molecule is CNCc1ccc(OCc2ccc(Cl)cc2)c([N+](=O)[O-])c1. The number of hydrogen-bond donors (Lipinski definition) is 1. The molecule has 6 heteroatoms. The summed E-state index contributed by atoms with van der Waals surface area (Å²) in [6.07, 6.45) is 0. The molecule has 110 valence electrons. The second kappa shape index (κ2) is 7.06. The summed E-state index contributed by atoms with van der Waals surface area (Å²) in [7, 11) is 1.79. The highest BCUT2D eigenvalue weighted by atomic mass is 35.5. The van der Waals surface area contributed by atoms with Crippen LogP contribution in [-0.4, -0.2) is 12.0 Å². The molecule has 0 radical (unpaired) electrons. The maximum absolute atomic E-state index is 11.1. The number of ether oxygens (including phenoxy) is 1. The van der Waals surface area contributed by atoms with Crippen LogP contribution in [0, 0.1) is 10.1 Å². The molecule has 0 unspecified atom stereocenters. The zero-order valence-electron chi connectivity index (χ0n) is 11.5. The maximum atomic E-state index is 11.1. The smallest absolute Gasteiger partial charge is 0.311 e. The number of benzene rings is 2. The molecular formula is C15H15ClN2O3. The molecule has 0 saturated heterocycles. The summed E-state index contributed by atoms with van der Waals surface area (Å²) in [6, 6.07) is 12.1. The first-order valence-corrected chi connectivity index (χ1v) is 6.77. The number of halogens is 1. The molecule has 2 aromatic rings. The number of nitro groups is 1. The monoisotopic (exact) mass is 306 g/mol. The third-order valence-corrected chi connectivity index (χ3v) is 3.16. The second-order valence-electron chi connectivity index (χ2n) is 4.50. The fourth-order valence-corrected chi connectivity index (χ4v) is 2.01. The van der Waals surface area contributed by atoms with E-state index >= 15 is 0 Å². The third kappa shape index (κ3) is 4.18. The third-order valence-electron chi connectivity index (χ3n) is 2.91. The van der Waals surface area contributed by atoms with Crippen molar-refractivity contribution < 1.29 is 9.66 Å². The van der Waals surface area contributed by atoms with Gasteiger partial charge in [0.05, 0.1) is 4.92 Å². The zero-order valence-corrected chi connectivity index (χ0v) is 12.3. The largest absolute Gasteiger partial charge is 0.482 e. The van der Waals surface area contributed by atoms with E-state index in [2.05, 4.69) is 5.32 Å². The van der Waals surface area contributed by atoms with Gasteiger partial charge in [0.2, 0.25) is 0 Å². The topological polar surface area (TPSA) is 64.4 Å². The first-order valence-electron chi connectivity index (χ1n) is 6.39. The van der Waals surface area contributed by atoms with Crippen LogP contribution in [0.1, 0.15) is 11.1 Å². The van der Waals surface area contributed by atoms with E-state index in [1.807, 2.05) is 12.1 Å². The molecule has 0 aliphatic carbocycles. The van der Waals surface area contributed by atoms with Gasteiger partial charge in [-0.25, -0.2) is 0 Å². The summed E-state index contributed by atoms with van der Waals surface area (Å²) >= 11 is 5.81. The van der Waals surface area contributed by atoms with Crippen LogP contribution in [0.3, 0.4) is 0 Å². The van der Waals surface area contributed by atoms with Crippen molar-refractivity contribution in [1.29, 1.82) is 0 Å². The van der Waals surface area contributed by atoms with Gasteiger partial charge < -0.3 is 10.1 Å². The van der Waals surface area contributed by atoms with Crippen LogP contribution in [0.5, 0.6) is 5.75 Å². The molecule has 0 aromatic heterocycles. The summed E-state index contributed by atoms with van der Waals surface area (Å²) in [5.74, 6) is 0.259. The molecule has 0 spiro atoms. The lowest BCUT2D eigenvalue weighted by molar-refractivity contribution is -0.386. The molecule has 0 fully saturated rings. The minimum atomic E-state index is -0.434. The molecule has 5 nitrogen and oxygen atoms in total. The van der Waals surface area contributed by atoms with Gasteiger partial charge in [0.25, 0.3) is 0 Å². The fraction of sp³-hybridized carbons (Fsp3) is 0.200. The summed E-state index contributed by atoms with van der Waals surface area (Å²) < 4.78 is 5.55. The van der Waals surface area contributed by atoms with E-state index in [0.29, 0.717) is 11.6 Å². The van der Waals surface area contributed by atoms with E-state index < -0.39 is 4.92 Å². The number of rotatable bonds is 6. The Labute approximate surface area is 127 Å². The molecule has 0 saturated carbocycles. The Bertz CT molecular complexity index is 629. The Balaban J connectivity index is 2.15. The van der Waals surface area contributed by atoms with Crippen molar-refractivity contribution in [2.24, 2.45) is 0 Å². The number of hydrogen-bond acceptors (Lipinski definition) is 4. The molecule has 0 amide bonds. The predicted octanol–water partition coefficient (Wildman–Crippen LogP) is 3.55. The highest BCUT2D eigenvalue weighted by Gasteiger charge is 2.16. The van der Waals surface area contributed by atoms with Crippen LogP contribution < -0.4 is 10.1 Å². The quantitative estimate of drug-likeness (QED) is 0.655. The average molecular weight is 307 g/mol. The van der Waals surface area contributed by atoms with Crippen LogP contribution in [0.25, 0.3) is 0 Å². The minimum Gasteiger partial charge on any atom is -0.482 e. The molecule has 0 atom stereocenters. The molecular weight excluding hydrogens is 292 g/mol. The molecule has 0 aliphatic heterocycles. The lowest BCUT2D eigenvalue weighted by Crippen LogP contribution is -2.06. The van der Waals surface area contributed by atoms with Gasteiger partial charge in [-0.1, -0.05) is 29.8 Å². The van der Waals surface area contributed by atoms with Crippen LogP contribution in [0.2, 0.25) is 5.02 Å². The second-order valence-corrected chi connectivity index (χ2v) is 4.94. The molecule has 2 rings (SSSR count).